The molecule has 2 amide bonds. The van der Waals surface area contributed by atoms with Crippen molar-refractivity contribution in [3.05, 3.63) is 60.2 Å². The van der Waals surface area contributed by atoms with Crippen molar-refractivity contribution in [3.8, 4) is 0 Å². The molecule has 0 saturated carbocycles. The normalized spacial score (nSPS) is 13.3. The molecule has 0 aliphatic carbocycles. The summed E-state index contributed by atoms with van der Waals surface area (Å²) in [5.74, 6) is -3.09. The van der Waals surface area contributed by atoms with Gasteiger partial charge in [-0.15, -0.1) is 0 Å². The number of carbonyl (C=O) groups excluding carboxylic acids is 2. The van der Waals surface area contributed by atoms with Crippen LogP contribution in [0.1, 0.15) is 18.4 Å². The first-order valence-corrected chi connectivity index (χ1v) is 10.7. The van der Waals surface area contributed by atoms with Crippen LogP contribution < -0.4 is 10.6 Å². The van der Waals surface area contributed by atoms with E-state index in [1.807, 2.05) is 0 Å². The number of benzene rings is 4. The van der Waals surface area contributed by atoms with Crippen molar-refractivity contribution in [2.24, 2.45) is 0 Å². The van der Waals surface area contributed by atoms with E-state index in [9.17, 15) is 19.5 Å². The van der Waals surface area contributed by atoms with E-state index in [1.54, 1.807) is 0 Å². The summed E-state index contributed by atoms with van der Waals surface area (Å²) in [5.41, 5.74) is 1.16. The molecule has 0 aliphatic rings. The van der Waals surface area contributed by atoms with Gasteiger partial charge in [-0.3, -0.25) is 9.59 Å². The number of carbonyl (C=O) groups is 3. The fourth-order valence-corrected chi connectivity index (χ4v) is 4.15. The van der Waals surface area contributed by atoms with Crippen LogP contribution in [0.5, 0.6) is 0 Å². The molecule has 8 heteroatoms. The van der Waals surface area contributed by atoms with Crippen LogP contribution in [-0.2, 0) is 20.8 Å². The van der Waals surface area contributed by atoms with Crippen LogP contribution in [0.4, 0.5) is 0 Å². The molecule has 33 heavy (non-hydrogen) atoms. The lowest BCUT2D eigenvalue weighted by Crippen LogP contribution is -2.48. The molecule has 0 aromatic heterocycles. The van der Waals surface area contributed by atoms with Crippen LogP contribution >= 0.6 is 0 Å². The number of aryl methyl sites for hydroxylation is 1. The first-order chi connectivity index (χ1) is 15.9. The van der Waals surface area contributed by atoms with Crippen molar-refractivity contribution in [2.45, 2.75) is 31.5 Å². The third-order valence-corrected chi connectivity index (χ3v) is 5.84. The van der Waals surface area contributed by atoms with Gasteiger partial charge >= 0.3 is 5.97 Å². The van der Waals surface area contributed by atoms with Gasteiger partial charge in [-0.2, -0.15) is 0 Å². The number of rotatable bonds is 9. The van der Waals surface area contributed by atoms with E-state index in [-0.39, 0.29) is 19.0 Å². The highest BCUT2D eigenvalue weighted by Gasteiger charge is 2.29. The van der Waals surface area contributed by atoms with Gasteiger partial charge in [0.1, 0.15) is 0 Å². The third kappa shape index (κ3) is 4.57. The van der Waals surface area contributed by atoms with E-state index in [1.165, 1.54) is 32.3 Å². The maximum absolute atomic E-state index is 12.1. The number of aliphatic hydroxyl groups is 2. The summed E-state index contributed by atoms with van der Waals surface area (Å²) in [6, 6.07) is 19.0. The summed E-state index contributed by atoms with van der Waals surface area (Å²) in [7, 11) is 0. The molecule has 0 heterocycles. The molecule has 0 saturated heterocycles. The molecule has 0 radical (unpaired) electrons. The summed E-state index contributed by atoms with van der Waals surface area (Å²) in [5, 5.41) is 39.1. The minimum Gasteiger partial charge on any atom is -0.479 e. The van der Waals surface area contributed by atoms with E-state index in [0.29, 0.717) is 12.8 Å². The molecule has 4 aromatic rings. The number of amides is 2. The molecule has 8 nitrogen and oxygen atoms in total. The lowest BCUT2D eigenvalue weighted by molar-refractivity contribution is -0.158. The molecule has 0 fully saturated rings. The Morgan fingerprint density at radius 3 is 2.12 bits per heavy atom. The SMILES string of the molecule is O=C(CCCc1ccc2ccc3cccc4ccc1c2c34)NCNC(=O)C(O)C(O)C(=O)O. The maximum atomic E-state index is 12.1. The van der Waals surface area contributed by atoms with Gasteiger partial charge in [0.2, 0.25) is 5.91 Å². The second-order valence-corrected chi connectivity index (χ2v) is 7.98. The first kappa shape index (κ1) is 22.4. The zero-order valence-corrected chi connectivity index (χ0v) is 17.7. The fraction of sp³-hybridized carbons (Fsp3) is 0.240. The number of nitrogens with one attached hydrogen (secondary N) is 2. The summed E-state index contributed by atoms with van der Waals surface area (Å²) < 4.78 is 0. The highest BCUT2D eigenvalue weighted by Crippen LogP contribution is 2.36. The van der Waals surface area contributed by atoms with Gasteiger partial charge in [-0.05, 0) is 50.7 Å². The Balaban J connectivity index is 1.34. The van der Waals surface area contributed by atoms with E-state index in [4.69, 9.17) is 10.2 Å². The molecule has 4 rings (SSSR count). The largest absolute Gasteiger partial charge is 0.479 e. The van der Waals surface area contributed by atoms with Crippen LogP contribution in [-0.4, -0.2) is 52.0 Å². The summed E-state index contributed by atoms with van der Waals surface area (Å²) in [6.07, 6.45) is -2.81. The molecule has 2 atom stereocenters. The van der Waals surface area contributed by atoms with Gasteiger partial charge in [0.15, 0.2) is 12.2 Å². The Kier molecular flexibility index (Phi) is 6.39. The topological polar surface area (TPSA) is 136 Å². The molecular formula is C25H24N2O6. The monoisotopic (exact) mass is 448 g/mol. The van der Waals surface area contributed by atoms with Crippen LogP contribution in [0.25, 0.3) is 32.3 Å². The molecule has 0 aliphatic heterocycles. The van der Waals surface area contributed by atoms with E-state index >= 15 is 0 Å². The van der Waals surface area contributed by atoms with Crippen molar-refractivity contribution in [2.75, 3.05) is 6.67 Å². The zero-order chi connectivity index (χ0) is 23.5. The summed E-state index contributed by atoms with van der Waals surface area (Å²) in [6.45, 7) is -0.278. The Morgan fingerprint density at radius 2 is 1.42 bits per heavy atom. The standard InChI is InChI=1S/C25H24N2O6/c28-19(26-13-27-24(31)22(29)23(30)25(32)33)6-2-3-14-7-8-17-10-9-15-4-1-5-16-11-12-18(14)21(17)20(15)16/h1,4-5,7-12,22-23,29-30H,2-3,6,13H2,(H,26,28)(H,27,31)(H,32,33). The van der Waals surface area contributed by atoms with E-state index in [0.717, 1.165) is 5.56 Å². The van der Waals surface area contributed by atoms with Crippen molar-refractivity contribution < 1.29 is 29.7 Å². The predicted octanol–water partition coefficient (Wildman–Crippen LogP) is 1.90. The van der Waals surface area contributed by atoms with Crippen molar-refractivity contribution in [3.63, 3.8) is 0 Å². The quantitative estimate of drug-likeness (QED) is 0.196. The van der Waals surface area contributed by atoms with Gasteiger partial charge in [0.25, 0.3) is 5.91 Å². The number of aliphatic hydroxyl groups excluding tert-OH is 2. The van der Waals surface area contributed by atoms with Gasteiger partial charge in [0, 0.05) is 6.42 Å². The molecular weight excluding hydrogens is 424 g/mol. The highest BCUT2D eigenvalue weighted by molar-refractivity contribution is 6.23. The minimum absolute atomic E-state index is 0.234. The Morgan fingerprint density at radius 1 is 0.788 bits per heavy atom. The highest BCUT2D eigenvalue weighted by atomic mass is 16.4. The van der Waals surface area contributed by atoms with Crippen LogP contribution in [0.15, 0.2) is 54.6 Å². The van der Waals surface area contributed by atoms with Gasteiger partial charge in [-0.25, -0.2) is 4.79 Å². The Labute approximate surface area is 189 Å². The van der Waals surface area contributed by atoms with E-state index < -0.39 is 24.1 Å². The number of carboxylic acid groups (broad SMARTS) is 1. The average molecular weight is 448 g/mol. The number of hydrogen-bond donors (Lipinski definition) is 5. The second kappa shape index (κ2) is 9.40. The van der Waals surface area contributed by atoms with Crippen molar-refractivity contribution in [1.29, 1.82) is 0 Å². The molecule has 4 aromatic carbocycles. The van der Waals surface area contributed by atoms with E-state index in [2.05, 4.69) is 65.2 Å². The number of hydrogen-bond acceptors (Lipinski definition) is 5. The van der Waals surface area contributed by atoms with Gasteiger partial charge in [-0.1, -0.05) is 54.6 Å². The molecule has 0 bridgehead atoms. The molecule has 0 spiro atoms. The number of carboxylic acids is 1. The minimum atomic E-state index is -2.23. The first-order valence-electron chi connectivity index (χ1n) is 10.7. The summed E-state index contributed by atoms with van der Waals surface area (Å²) in [4.78, 5) is 34.3. The van der Waals surface area contributed by atoms with Crippen molar-refractivity contribution in [1.82, 2.24) is 10.6 Å². The zero-order valence-electron chi connectivity index (χ0n) is 17.7. The van der Waals surface area contributed by atoms with Gasteiger partial charge in [0.05, 0.1) is 6.67 Å². The summed E-state index contributed by atoms with van der Waals surface area (Å²) >= 11 is 0. The lowest BCUT2D eigenvalue weighted by atomic mass is 9.90. The fourth-order valence-electron chi connectivity index (χ4n) is 4.15. The molecule has 2 unspecified atom stereocenters. The van der Waals surface area contributed by atoms with Gasteiger partial charge < -0.3 is 26.0 Å². The van der Waals surface area contributed by atoms with Crippen LogP contribution in [0.3, 0.4) is 0 Å². The van der Waals surface area contributed by atoms with Crippen molar-refractivity contribution >= 4 is 50.1 Å². The predicted molar refractivity (Wildman–Crippen MR) is 124 cm³/mol. The maximum Gasteiger partial charge on any atom is 0.335 e. The smallest absolute Gasteiger partial charge is 0.335 e. The van der Waals surface area contributed by atoms with Crippen LogP contribution in [0, 0.1) is 0 Å². The Bertz CT molecular complexity index is 1320. The molecule has 170 valence electrons. The Hall–Kier alpha value is -3.75. The lowest BCUT2D eigenvalue weighted by Gasteiger charge is -2.15. The third-order valence-electron chi connectivity index (χ3n) is 5.84. The second-order valence-electron chi connectivity index (χ2n) is 7.98. The number of aliphatic carboxylic acids is 1. The van der Waals surface area contributed by atoms with Crippen LogP contribution in [0.2, 0.25) is 0 Å². The molecule has 5 N–H and O–H groups in total. The average Bonchev–Trinajstić information content (AvgIpc) is 2.82.